The predicted molar refractivity (Wildman–Crippen MR) is 136 cm³/mol. The van der Waals surface area contributed by atoms with Crippen LogP contribution in [0.1, 0.15) is 53.0 Å². The number of hydrogen-bond donors (Lipinski definition) is 0. The molecule has 188 valence electrons. The lowest BCUT2D eigenvalue weighted by molar-refractivity contribution is 0.0771. The van der Waals surface area contributed by atoms with Crippen molar-refractivity contribution in [2.75, 3.05) is 49.3 Å². The average Bonchev–Trinajstić information content (AvgIpc) is 3.49. The molecule has 2 aromatic rings. The van der Waals surface area contributed by atoms with Crippen molar-refractivity contribution >= 4 is 21.9 Å². The summed E-state index contributed by atoms with van der Waals surface area (Å²) in [7, 11) is -3.36. The molecule has 1 aromatic heterocycles. The molecule has 1 aromatic carbocycles. The molecule has 0 N–H and O–H groups in total. The van der Waals surface area contributed by atoms with Crippen molar-refractivity contribution in [2.45, 2.75) is 39.5 Å². The van der Waals surface area contributed by atoms with Crippen LogP contribution in [-0.2, 0) is 10.0 Å². The van der Waals surface area contributed by atoms with Gasteiger partial charge in [-0.2, -0.15) is 0 Å². The third-order valence-electron chi connectivity index (χ3n) is 7.89. The van der Waals surface area contributed by atoms with Gasteiger partial charge < -0.3 is 9.80 Å². The van der Waals surface area contributed by atoms with Crippen molar-refractivity contribution in [3.8, 4) is 0 Å². The Morgan fingerprint density at radius 2 is 1.66 bits per heavy atom. The number of aromatic nitrogens is 2. The topological polar surface area (TPSA) is 86.7 Å². The van der Waals surface area contributed by atoms with Gasteiger partial charge in [0.25, 0.3) is 5.91 Å². The van der Waals surface area contributed by atoms with Crippen LogP contribution in [0.2, 0.25) is 0 Å². The molecule has 0 saturated carbocycles. The summed E-state index contributed by atoms with van der Waals surface area (Å²) in [5.74, 6) is 1.82. The summed E-state index contributed by atoms with van der Waals surface area (Å²) < 4.78 is 25.8. The van der Waals surface area contributed by atoms with Gasteiger partial charge in [-0.15, -0.1) is 0 Å². The Balaban J connectivity index is 1.19. The van der Waals surface area contributed by atoms with Crippen LogP contribution < -0.4 is 4.31 Å². The fraction of sp³-hybridized carbons (Fsp3) is 0.577. The highest BCUT2D eigenvalue weighted by atomic mass is 32.2. The number of nitrogens with zero attached hydrogens (tertiary/aromatic N) is 5. The van der Waals surface area contributed by atoms with Gasteiger partial charge in [-0.1, -0.05) is 37.3 Å². The Morgan fingerprint density at radius 1 is 1.03 bits per heavy atom. The number of carbonyl (C=O) groups is 1. The molecule has 5 rings (SSSR count). The van der Waals surface area contributed by atoms with Crippen molar-refractivity contribution in [3.05, 3.63) is 52.8 Å². The average molecular weight is 498 g/mol. The number of hydrogen-bond acceptors (Lipinski definition) is 6. The molecule has 3 aliphatic heterocycles. The molecule has 1 amide bonds. The molecule has 35 heavy (non-hydrogen) atoms. The van der Waals surface area contributed by atoms with Gasteiger partial charge in [0.2, 0.25) is 16.0 Å². The van der Waals surface area contributed by atoms with Crippen molar-refractivity contribution in [2.24, 2.45) is 11.8 Å². The summed E-state index contributed by atoms with van der Waals surface area (Å²) >= 11 is 0. The Morgan fingerprint density at radius 3 is 2.23 bits per heavy atom. The maximum atomic E-state index is 13.4. The van der Waals surface area contributed by atoms with Crippen LogP contribution >= 0.6 is 0 Å². The van der Waals surface area contributed by atoms with E-state index in [1.165, 1.54) is 9.87 Å². The molecule has 0 aliphatic carbocycles. The number of likely N-dealkylation sites (tertiary alicyclic amines) is 2. The fourth-order valence-electron chi connectivity index (χ4n) is 5.91. The Hall–Kier alpha value is -2.52. The summed E-state index contributed by atoms with van der Waals surface area (Å²) in [5.41, 5.74) is 3.00. The van der Waals surface area contributed by atoms with Crippen LogP contribution in [0.4, 0.5) is 5.95 Å². The maximum absolute atomic E-state index is 13.4. The molecular weight excluding hydrogens is 462 g/mol. The molecule has 3 fully saturated rings. The van der Waals surface area contributed by atoms with E-state index >= 15 is 0 Å². The summed E-state index contributed by atoms with van der Waals surface area (Å²) in [6, 6.07) is 10.7. The van der Waals surface area contributed by atoms with E-state index in [2.05, 4.69) is 52.1 Å². The van der Waals surface area contributed by atoms with Crippen LogP contribution in [-0.4, -0.2) is 79.1 Å². The first-order valence-electron chi connectivity index (χ1n) is 12.6. The molecule has 3 atom stereocenters. The van der Waals surface area contributed by atoms with E-state index in [0.29, 0.717) is 47.7 Å². The SMILES string of the molecule is Cc1nc(N2CCCS2(=O)=O)nc(C)c1C(=O)N1CC2CN(CC[C@H](C)c3ccccc3)CC2C1. The number of anilines is 1. The number of benzene rings is 1. The standard InChI is InChI=1S/C26H35N5O3S/c1-18(21-8-5-4-6-9-21)10-12-29-14-22-16-30(17-23(22)15-29)25(32)24-19(2)27-26(28-20(24)3)31-11-7-13-35(31,33)34/h4-6,8-9,18,22-23H,7,10-17H2,1-3H3/t18-,22?,23?/m0/s1. The molecule has 8 nitrogen and oxygen atoms in total. The van der Waals surface area contributed by atoms with Gasteiger partial charge in [-0.3, -0.25) is 4.79 Å². The molecular formula is C26H35N5O3S. The zero-order valence-electron chi connectivity index (χ0n) is 20.9. The molecule has 3 aliphatic rings. The number of fused-ring (bicyclic) bond motifs is 1. The van der Waals surface area contributed by atoms with Crippen molar-refractivity contribution in [1.29, 1.82) is 0 Å². The monoisotopic (exact) mass is 497 g/mol. The third kappa shape index (κ3) is 4.80. The van der Waals surface area contributed by atoms with Crippen LogP contribution in [0.15, 0.2) is 30.3 Å². The second-order valence-electron chi connectivity index (χ2n) is 10.4. The fourth-order valence-corrected chi connectivity index (χ4v) is 7.36. The van der Waals surface area contributed by atoms with E-state index in [9.17, 15) is 13.2 Å². The second-order valence-corrected chi connectivity index (χ2v) is 12.4. The van der Waals surface area contributed by atoms with Crippen LogP contribution in [0.3, 0.4) is 0 Å². The van der Waals surface area contributed by atoms with Gasteiger partial charge in [0.05, 0.1) is 22.7 Å². The maximum Gasteiger partial charge on any atom is 0.257 e. The van der Waals surface area contributed by atoms with Gasteiger partial charge in [-0.05, 0) is 56.6 Å². The number of aryl methyl sites for hydroxylation is 2. The Labute approximate surface area is 208 Å². The highest BCUT2D eigenvalue weighted by Gasteiger charge is 2.42. The minimum absolute atomic E-state index is 0.0329. The zero-order chi connectivity index (χ0) is 24.7. The van der Waals surface area contributed by atoms with Crippen molar-refractivity contribution < 1.29 is 13.2 Å². The molecule has 0 bridgehead atoms. The van der Waals surface area contributed by atoms with Gasteiger partial charge >= 0.3 is 0 Å². The molecule has 0 radical (unpaired) electrons. The van der Waals surface area contributed by atoms with E-state index in [1.807, 2.05) is 4.90 Å². The van der Waals surface area contributed by atoms with Gasteiger partial charge in [0, 0.05) is 32.7 Å². The number of sulfonamides is 1. The smallest absolute Gasteiger partial charge is 0.257 e. The summed E-state index contributed by atoms with van der Waals surface area (Å²) in [4.78, 5) is 26.8. The van der Waals surface area contributed by atoms with E-state index < -0.39 is 10.0 Å². The highest BCUT2D eigenvalue weighted by Crippen LogP contribution is 2.33. The van der Waals surface area contributed by atoms with Crippen LogP contribution in [0, 0.1) is 25.7 Å². The van der Waals surface area contributed by atoms with E-state index in [4.69, 9.17) is 0 Å². The second kappa shape index (κ2) is 9.50. The molecule has 9 heteroatoms. The lowest BCUT2D eigenvalue weighted by atomic mass is 9.98. The third-order valence-corrected chi connectivity index (χ3v) is 9.71. The molecule has 2 unspecified atom stereocenters. The van der Waals surface area contributed by atoms with E-state index in [1.54, 1.807) is 13.8 Å². The van der Waals surface area contributed by atoms with Gasteiger partial charge in [0.1, 0.15) is 0 Å². The van der Waals surface area contributed by atoms with Crippen molar-refractivity contribution in [1.82, 2.24) is 19.8 Å². The molecule has 4 heterocycles. The minimum Gasteiger partial charge on any atom is -0.338 e. The Bertz CT molecular complexity index is 1170. The summed E-state index contributed by atoms with van der Waals surface area (Å²) in [6.07, 6.45) is 1.71. The zero-order valence-corrected chi connectivity index (χ0v) is 21.7. The number of rotatable bonds is 6. The van der Waals surface area contributed by atoms with Crippen LogP contribution in [0.5, 0.6) is 0 Å². The van der Waals surface area contributed by atoms with Crippen molar-refractivity contribution in [3.63, 3.8) is 0 Å². The number of carbonyl (C=O) groups excluding carboxylic acids is 1. The Kier molecular flexibility index (Phi) is 6.57. The quantitative estimate of drug-likeness (QED) is 0.610. The molecule has 3 saturated heterocycles. The highest BCUT2D eigenvalue weighted by molar-refractivity contribution is 7.93. The lowest BCUT2D eigenvalue weighted by Crippen LogP contribution is -2.35. The first kappa shape index (κ1) is 24.2. The summed E-state index contributed by atoms with van der Waals surface area (Å²) in [5, 5.41) is 0. The van der Waals surface area contributed by atoms with E-state index in [0.717, 1.165) is 39.1 Å². The first-order chi connectivity index (χ1) is 16.7. The largest absolute Gasteiger partial charge is 0.338 e. The first-order valence-corrected chi connectivity index (χ1v) is 14.3. The minimum atomic E-state index is -3.36. The normalized spacial score (nSPS) is 24.7. The summed E-state index contributed by atoms with van der Waals surface area (Å²) in [6.45, 7) is 10.9. The van der Waals surface area contributed by atoms with Gasteiger partial charge in [0.15, 0.2) is 0 Å². The number of amides is 1. The van der Waals surface area contributed by atoms with E-state index in [-0.39, 0.29) is 17.6 Å². The predicted octanol–water partition coefficient (Wildman–Crippen LogP) is 2.83. The molecule has 0 spiro atoms. The van der Waals surface area contributed by atoms with Gasteiger partial charge in [-0.25, -0.2) is 22.7 Å². The lowest BCUT2D eigenvalue weighted by Gasteiger charge is -2.24. The van der Waals surface area contributed by atoms with Crippen LogP contribution in [0.25, 0.3) is 0 Å².